The summed E-state index contributed by atoms with van der Waals surface area (Å²) in [5, 5.41) is 21.1. The Morgan fingerprint density at radius 3 is 0.846 bits per heavy atom. The van der Waals surface area contributed by atoms with Crippen LogP contribution in [-0.2, 0) is 21.1 Å². The van der Waals surface area contributed by atoms with Crippen molar-refractivity contribution in [2.45, 2.75) is 27.7 Å². The fourth-order valence-corrected chi connectivity index (χ4v) is 0. The number of nitrogens with zero attached hydrogens (tertiary/aromatic N) is 2. The second-order valence-corrected chi connectivity index (χ2v) is 2.09. The molecule has 0 radical (unpaired) electrons. The SMILES string of the molecule is CC(C)=NO.CC(C)=NO.[Cl-].[Cl-].[Pt+2]. The number of rotatable bonds is 0. The maximum atomic E-state index is 7.73. The van der Waals surface area contributed by atoms with Gasteiger partial charge < -0.3 is 35.2 Å². The van der Waals surface area contributed by atoms with E-state index in [1.54, 1.807) is 27.7 Å². The number of halogens is 2. The van der Waals surface area contributed by atoms with E-state index in [1.807, 2.05) is 0 Å². The zero-order chi connectivity index (χ0) is 8.57. The van der Waals surface area contributed by atoms with E-state index in [4.69, 9.17) is 10.4 Å². The van der Waals surface area contributed by atoms with Crippen molar-refractivity contribution in [1.29, 1.82) is 0 Å². The van der Waals surface area contributed by atoms with Crippen LogP contribution in [0, 0.1) is 0 Å². The summed E-state index contributed by atoms with van der Waals surface area (Å²) in [6.07, 6.45) is 0. The first-order chi connectivity index (χ1) is 4.54. The van der Waals surface area contributed by atoms with Crippen LogP contribution < -0.4 is 24.8 Å². The molecule has 2 N–H and O–H groups in total. The van der Waals surface area contributed by atoms with Crippen LogP contribution >= 0.6 is 0 Å². The maximum Gasteiger partial charge on any atom is 2.00 e. The summed E-state index contributed by atoms with van der Waals surface area (Å²) < 4.78 is 0. The Morgan fingerprint density at radius 2 is 0.846 bits per heavy atom. The molecule has 4 nitrogen and oxygen atoms in total. The van der Waals surface area contributed by atoms with Gasteiger partial charge in [0.25, 0.3) is 0 Å². The van der Waals surface area contributed by atoms with Gasteiger partial charge in [0, 0.05) is 0 Å². The minimum Gasteiger partial charge on any atom is -1.00 e. The van der Waals surface area contributed by atoms with Crippen LogP contribution in [0.1, 0.15) is 27.7 Å². The summed E-state index contributed by atoms with van der Waals surface area (Å²) in [6.45, 7) is 6.89. The van der Waals surface area contributed by atoms with Crippen LogP contribution in [0.4, 0.5) is 0 Å². The van der Waals surface area contributed by atoms with Gasteiger partial charge in [-0.1, -0.05) is 10.3 Å². The van der Waals surface area contributed by atoms with Gasteiger partial charge in [-0.2, -0.15) is 0 Å². The summed E-state index contributed by atoms with van der Waals surface area (Å²) in [5.74, 6) is 0. The van der Waals surface area contributed by atoms with Crippen molar-refractivity contribution in [3.8, 4) is 0 Å². The molecular formula is C6H14Cl2N2O2Pt. The molecule has 13 heavy (non-hydrogen) atoms. The normalized spacial score (nSPS) is 5.23. The Hall–Kier alpha value is 0.208. The minimum atomic E-state index is 0. The van der Waals surface area contributed by atoms with Gasteiger partial charge in [0.05, 0.1) is 11.4 Å². The van der Waals surface area contributed by atoms with Gasteiger partial charge in [-0.25, -0.2) is 0 Å². The first-order valence-corrected chi connectivity index (χ1v) is 2.85. The van der Waals surface area contributed by atoms with Crippen molar-refractivity contribution in [3.63, 3.8) is 0 Å². The van der Waals surface area contributed by atoms with Crippen LogP contribution in [0.25, 0.3) is 0 Å². The predicted octanol–water partition coefficient (Wildman–Crippen LogP) is -4.28. The van der Waals surface area contributed by atoms with Crippen molar-refractivity contribution >= 4 is 11.4 Å². The fraction of sp³-hybridized carbons (Fsp3) is 0.667. The third-order valence-corrected chi connectivity index (χ3v) is 0.400. The second-order valence-electron chi connectivity index (χ2n) is 2.09. The Morgan fingerprint density at radius 1 is 0.769 bits per heavy atom. The topological polar surface area (TPSA) is 65.2 Å². The molecule has 84 valence electrons. The minimum absolute atomic E-state index is 0. The molecule has 0 fully saturated rings. The van der Waals surface area contributed by atoms with E-state index >= 15 is 0 Å². The second kappa shape index (κ2) is 22.8. The molecule has 0 aromatic carbocycles. The average Bonchev–Trinajstić information content (AvgIpc) is 1.89. The molecule has 7 heteroatoms. The van der Waals surface area contributed by atoms with E-state index in [0.717, 1.165) is 0 Å². The zero-order valence-electron chi connectivity index (χ0n) is 7.86. The van der Waals surface area contributed by atoms with E-state index in [0.29, 0.717) is 11.4 Å². The molecule has 0 atom stereocenters. The van der Waals surface area contributed by atoms with Crippen molar-refractivity contribution in [1.82, 2.24) is 0 Å². The average molecular weight is 412 g/mol. The van der Waals surface area contributed by atoms with Gasteiger partial charge in [0.1, 0.15) is 0 Å². The van der Waals surface area contributed by atoms with Gasteiger partial charge in [-0.05, 0) is 27.7 Å². The van der Waals surface area contributed by atoms with Crippen molar-refractivity contribution in [3.05, 3.63) is 0 Å². The molecule has 0 aromatic rings. The molecule has 0 bridgehead atoms. The molecule has 0 saturated heterocycles. The maximum absolute atomic E-state index is 7.73. The first-order valence-electron chi connectivity index (χ1n) is 2.85. The first kappa shape index (κ1) is 29.2. The summed E-state index contributed by atoms with van der Waals surface area (Å²) in [6, 6.07) is 0. The molecule has 0 aliphatic carbocycles. The molecule has 0 amide bonds. The predicted molar refractivity (Wildman–Crippen MR) is 41.1 cm³/mol. The van der Waals surface area contributed by atoms with Crippen molar-refractivity contribution in [2.24, 2.45) is 10.3 Å². The third kappa shape index (κ3) is 71.8. The third-order valence-electron chi connectivity index (χ3n) is 0.400. The Balaban J connectivity index is -0.0000000267. The molecule has 0 rings (SSSR count). The Bertz CT molecular complexity index is 119. The molecule has 0 spiro atoms. The van der Waals surface area contributed by atoms with Gasteiger partial charge >= 0.3 is 21.1 Å². The van der Waals surface area contributed by atoms with Gasteiger partial charge in [0.15, 0.2) is 0 Å². The van der Waals surface area contributed by atoms with Crippen molar-refractivity contribution in [2.75, 3.05) is 0 Å². The number of hydrogen-bond donors (Lipinski definition) is 2. The van der Waals surface area contributed by atoms with Gasteiger partial charge in [0.2, 0.25) is 0 Å². The summed E-state index contributed by atoms with van der Waals surface area (Å²) in [4.78, 5) is 0. The standard InChI is InChI=1S/2C3H7NO.2ClH.Pt/c2*1-3(2)4-5;;;/h2*5H,1-2H3;2*1H;/q;;;;+2/p-2. The van der Waals surface area contributed by atoms with Crippen LogP contribution in [0.2, 0.25) is 0 Å². The largest absolute Gasteiger partial charge is 2.00 e. The zero-order valence-corrected chi connectivity index (χ0v) is 11.6. The van der Waals surface area contributed by atoms with E-state index in [9.17, 15) is 0 Å². The molecule has 0 unspecified atom stereocenters. The number of hydrogen-bond acceptors (Lipinski definition) is 4. The van der Waals surface area contributed by atoms with E-state index in [1.165, 1.54) is 0 Å². The summed E-state index contributed by atoms with van der Waals surface area (Å²) in [7, 11) is 0. The Kier molecular flexibility index (Phi) is 51.2. The van der Waals surface area contributed by atoms with Gasteiger partial charge in [-0.3, -0.25) is 0 Å². The van der Waals surface area contributed by atoms with E-state index in [-0.39, 0.29) is 45.9 Å². The molecule has 0 aromatic heterocycles. The summed E-state index contributed by atoms with van der Waals surface area (Å²) in [5.41, 5.74) is 1.37. The van der Waals surface area contributed by atoms with E-state index < -0.39 is 0 Å². The molecule has 0 saturated carbocycles. The smallest absolute Gasteiger partial charge is 1.00 e. The quantitative estimate of drug-likeness (QED) is 0.241. The number of oxime groups is 2. The van der Waals surface area contributed by atoms with Crippen LogP contribution in [0.5, 0.6) is 0 Å². The van der Waals surface area contributed by atoms with Crippen LogP contribution in [0.15, 0.2) is 10.3 Å². The van der Waals surface area contributed by atoms with E-state index in [2.05, 4.69) is 10.3 Å². The van der Waals surface area contributed by atoms with Gasteiger partial charge in [-0.15, -0.1) is 0 Å². The van der Waals surface area contributed by atoms with Crippen LogP contribution in [0.3, 0.4) is 0 Å². The van der Waals surface area contributed by atoms with Crippen molar-refractivity contribution < 1.29 is 56.3 Å². The monoisotopic (exact) mass is 411 g/mol. The molecular weight excluding hydrogens is 398 g/mol. The Labute approximate surface area is 106 Å². The molecule has 0 heterocycles. The fourth-order valence-electron chi connectivity index (χ4n) is 0. The molecule has 0 aliphatic heterocycles. The molecule has 0 aliphatic rings. The van der Waals surface area contributed by atoms with Crippen LogP contribution in [-0.4, -0.2) is 21.8 Å². The summed E-state index contributed by atoms with van der Waals surface area (Å²) >= 11 is 0.